The zero-order valence-corrected chi connectivity index (χ0v) is 15.3. The Balaban J connectivity index is 1.84. The lowest BCUT2D eigenvalue weighted by Gasteiger charge is -2.36. The molecule has 0 bridgehead atoms. The van der Waals surface area contributed by atoms with Crippen molar-refractivity contribution < 1.29 is 14.5 Å². The first-order valence-corrected chi connectivity index (χ1v) is 9.20. The van der Waals surface area contributed by atoms with Crippen LogP contribution in [0.15, 0.2) is 42.6 Å². The highest BCUT2D eigenvalue weighted by Gasteiger charge is 2.41. The Labute approximate surface area is 157 Å². The van der Waals surface area contributed by atoms with Crippen LogP contribution in [0, 0.1) is 10.1 Å². The summed E-state index contributed by atoms with van der Waals surface area (Å²) in [6, 6.07) is 9.84. The fourth-order valence-corrected chi connectivity index (χ4v) is 3.64. The van der Waals surface area contributed by atoms with Crippen LogP contribution in [-0.4, -0.2) is 22.4 Å². The van der Waals surface area contributed by atoms with Gasteiger partial charge in [-0.05, 0) is 31.4 Å². The number of rotatable bonds is 6. The molecule has 1 heterocycles. The van der Waals surface area contributed by atoms with Crippen LogP contribution in [0.25, 0.3) is 0 Å². The summed E-state index contributed by atoms with van der Waals surface area (Å²) in [5.41, 5.74) is 0.784. The van der Waals surface area contributed by atoms with E-state index in [0.29, 0.717) is 18.2 Å². The van der Waals surface area contributed by atoms with Gasteiger partial charge in [-0.2, -0.15) is 0 Å². The Kier molecular flexibility index (Phi) is 5.69. The highest BCUT2D eigenvalue weighted by atomic mass is 16.6. The number of carbonyl (C=O) groups excluding carboxylic acids is 1. The lowest BCUT2D eigenvalue weighted by atomic mass is 9.68. The van der Waals surface area contributed by atoms with Crippen molar-refractivity contribution in [1.29, 1.82) is 0 Å². The number of nitro groups is 1. The van der Waals surface area contributed by atoms with Crippen LogP contribution in [0.4, 0.5) is 11.4 Å². The van der Waals surface area contributed by atoms with Gasteiger partial charge in [0.2, 0.25) is 11.8 Å². The summed E-state index contributed by atoms with van der Waals surface area (Å²) in [5.74, 6) is 0.417. The molecule has 1 N–H and O–H groups in total. The highest BCUT2D eigenvalue weighted by molar-refractivity contribution is 5.99. The normalized spacial score (nSPS) is 15.7. The molecule has 0 saturated heterocycles. The monoisotopic (exact) mass is 369 g/mol. The maximum atomic E-state index is 13.2. The number of amides is 1. The topological polar surface area (TPSA) is 94.4 Å². The van der Waals surface area contributed by atoms with Crippen LogP contribution in [0.5, 0.6) is 5.88 Å². The van der Waals surface area contributed by atoms with Gasteiger partial charge in [-0.3, -0.25) is 14.9 Å². The Morgan fingerprint density at radius 3 is 2.44 bits per heavy atom. The summed E-state index contributed by atoms with van der Waals surface area (Å²) in [5, 5.41) is 13.9. The van der Waals surface area contributed by atoms with Gasteiger partial charge in [-0.25, -0.2) is 4.98 Å². The van der Waals surface area contributed by atoms with Crippen molar-refractivity contribution in [2.75, 3.05) is 11.9 Å². The van der Waals surface area contributed by atoms with Crippen molar-refractivity contribution in [3.05, 3.63) is 58.3 Å². The molecule has 1 saturated carbocycles. The molecular formula is C20H23N3O4. The minimum atomic E-state index is -0.675. The number of anilines is 1. The number of nitrogens with one attached hydrogen (secondary N) is 1. The van der Waals surface area contributed by atoms with E-state index in [1.165, 1.54) is 12.1 Å². The van der Waals surface area contributed by atoms with E-state index in [4.69, 9.17) is 4.74 Å². The molecule has 2 aromatic rings. The average molecular weight is 369 g/mol. The number of carbonyl (C=O) groups is 1. The van der Waals surface area contributed by atoms with Gasteiger partial charge in [-0.15, -0.1) is 0 Å². The number of ether oxygens (including phenoxy) is 1. The molecule has 1 aromatic carbocycles. The minimum Gasteiger partial charge on any atom is -0.478 e. The molecule has 0 radical (unpaired) electrons. The summed E-state index contributed by atoms with van der Waals surface area (Å²) < 4.78 is 5.32. The lowest BCUT2D eigenvalue weighted by molar-refractivity contribution is -0.384. The molecule has 1 aliphatic rings. The second-order valence-electron chi connectivity index (χ2n) is 6.72. The SMILES string of the molecule is CCOc1ccc(NC(=O)C2(c3ccc([N+](=O)[O-])cc3)CCCCC2)cn1. The van der Waals surface area contributed by atoms with Crippen LogP contribution in [-0.2, 0) is 10.2 Å². The van der Waals surface area contributed by atoms with Crippen molar-refractivity contribution in [2.45, 2.75) is 44.4 Å². The van der Waals surface area contributed by atoms with Gasteiger partial charge >= 0.3 is 0 Å². The van der Waals surface area contributed by atoms with Gasteiger partial charge in [0.05, 0.1) is 28.8 Å². The molecule has 0 atom stereocenters. The molecule has 0 unspecified atom stereocenters. The van der Waals surface area contributed by atoms with E-state index in [1.54, 1.807) is 30.5 Å². The molecule has 1 fully saturated rings. The summed E-state index contributed by atoms with van der Waals surface area (Å²) in [6.07, 6.45) is 6.02. The highest BCUT2D eigenvalue weighted by Crippen LogP contribution is 2.41. The van der Waals surface area contributed by atoms with Gasteiger partial charge in [0, 0.05) is 18.2 Å². The quantitative estimate of drug-likeness (QED) is 0.607. The Bertz CT molecular complexity index is 797. The number of non-ortho nitro benzene ring substituents is 1. The van der Waals surface area contributed by atoms with E-state index >= 15 is 0 Å². The van der Waals surface area contributed by atoms with Crippen molar-refractivity contribution in [3.8, 4) is 5.88 Å². The third kappa shape index (κ3) is 4.07. The number of nitro benzene ring substituents is 1. The molecule has 3 rings (SSSR count). The molecule has 1 aromatic heterocycles. The molecular weight excluding hydrogens is 346 g/mol. The van der Waals surface area contributed by atoms with E-state index in [0.717, 1.165) is 37.7 Å². The largest absolute Gasteiger partial charge is 0.478 e. The number of hydrogen-bond acceptors (Lipinski definition) is 5. The van der Waals surface area contributed by atoms with Crippen LogP contribution in [0.1, 0.15) is 44.6 Å². The molecule has 0 aliphatic heterocycles. The second-order valence-corrected chi connectivity index (χ2v) is 6.72. The van der Waals surface area contributed by atoms with E-state index < -0.39 is 10.3 Å². The molecule has 7 heteroatoms. The fourth-order valence-electron chi connectivity index (χ4n) is 3.64. The van der Waals surface area contributed by atoms with Crippen LogP contribution in [0.2, 0.25) is 0 Å². The number of hydrogen-bond donors (Lipinski definition) is 1. The predicted octanol–water partition coefficient (Wildman–Crippen LogP) is 4.23. The van der Waals surface area contributed by atoms with Crippen molar-refractivity contribution >= 4 is 17.3 Å². The van der Waals surface area contributed by atoms with E-state index in [9.17, 15) is 14.9 Å². The fraction of sp³-hybridized carbons (Fsp3) is 0.400. The van der Waals surface area contributed by atoms with Crippen molar-refractivity contribution in [1.82, 2.24) is 4.98 Å². The van der Waals surface area contributed by atoms with Gasteiger partial charge in [0.25, 0.3) is 5.69 Å². The number of nitrogens with zero attached hydrogens (tertiary/aromatic N) is 2. The Morgan fingerprint density at radius 1 is 1.19 bits per heavy atom. The van der Waals surface area contributed by atoms with Gasteiger partial charge < -0.3 is 10.1 Å². The Morgan fingerprint density at radius 2 is 1.89 bits per heavy atom. The molecule has 1 amide bonds. The first-order valence-electron chi connectivity index (χ1n) is 9.20. The van der Waals surface area contributed by atoms with Crippen LogP contribution in [0.3, 0.4) is 0 Å². The van der Waals surface area contributed by atoms with Gasteiger partial charge in [0.1, 0.15) is 0 Å². The maximum Gasteiger partial charge on any atom is 0.269 e. The summed E-state index contributed by atoms with van der Waals surface area (Å²) >= 11 is 0. The summed E-state index contributed by atoms with van der Waals surface area (Å²) in [7, 11) is 0. The first-order chi connectivity index (χ1) is 13.0. The number of benzene rings is 1. The van der Waals surface area contributed by atoms with E-state index in [2.05, 4.69) is 10.3 Å². The number of aromatic nitrogens is 1. The van der Waals surface area contributed by atoms with Gasteiger partial charge in [-0.1, -0.05) is 31.4 Å². The van der Waals surface area contributed by atoms with Crippen molar-refractivity contribution in [2.24, 2.45) is 0 Å². The summed E-state index contributed by atoms with van der Waals surface area (Å²) in [6.45, 7) is 2.41. The summed E-state index contributed by atoms with van der Waals surface area (Å²) in [4.78, 5) is 27.9. The third-order valence-corrected chi connectivity index (χ3v) is 5.06. The first kappa shape index (κ1) is 18.8. The molecule has 7 nitrogen and oxygen atoms in total. The van der Waals surface area contributed by atoms with E-state index in [1.807, 2.05) is 6.92 Å². The minimum absolute atomic E-state index is 0.0285. The predicted molar refractivity (Wildman–Crippen MR) is 102 cm³/mol. The van der Waals surface area contributed by atoms with E-state index in [-0.39, 0.29) is 11.6 Å². The average Bonchev–Trinajstić information content (AvgIpc) is 2.70. The van der Waals surface area contributed by atoms with Crippen LogP contribution >= 0.6 is 0 Å². The Hall–Kier alpha value is -2.96. The number of pyridine rings is 1. The van der Waals surface area contributed by atoms with Crippen LogP contribution < -0.4 is 10.1 Å². The molecule has 142 valence electrons. The zero-order chi connectivity index (χ0) is 19.3. The molecule has 1 aliphatic carbocycles. The smallest absolute Gasteiger partial charge is 0.269 e. The third-order valence-electron chi connectivity index (χ3n) is 5.06. The molecule has 27 heavy (non-hydrogen) atoms. The van der Waals surface area contributed by atoms with Crippen molar-refractivity contribution in [3.63, 3.8) is 0 Å². The standard InChI is InChI=1S/C20H23N3O4/c1-2-27-18-11-8-16(14-21-18)22-19(24)20(12-4-3-5-13-20)15-6-9-17(10-7-15)23(25)26/h6-11,14H,2-5,12-13H2,1H3,(H,22,24). The lowest BCUT2D eigenvalue weighted by Crippen LogP contribution is -2.42. The molecule has 0 spiro atoms. The zero-order valence-electron chi connectivity index (χ0n) is 15.3. The van der Waals surface area contributed by atoms with Gasteiger partial charge in [0.15, 0.2) is 0 Å². The second kappa shape index (κ2) is 8.16. The maximum absolute atomic E-state index is 13.2.